The third-order valence-electron chi connectivity index (χ3n) is 0.514. The predicted molar refractivity (Wildman–Crippen MR) is 34.1 cm³/mol. The maximum Gasteiger partial charge on any atom is 0.0994 e. The highest BCUT2D eigenvalue weighted by Gasteiger charge is 1.90. The molecule has 43 valence electrons. The molecule has 0 amide bonds. The summed E-state index contributed by atoms with van der Waals surface area (Å²) in [5.41, 5.74) is -0.431. The topological polar surface area (TPSA) is 20.2 Å². The number of hydrogen-bond donors (Lipinski definition) is 1. The van der Waals surface area contributed by atoms with E-state index in [4.69, 9.17) is 5.11 Å². The molecule has 0 rings (SSSR count). The van der Waals surface area contributed by atoms with Gasteiger partial charge in [0.15, 0.2) is 0 Å². The van der Waals surface area contributed by atoms with Crippen LogP contribution in [0.25, 0.3) is 0 Å². The van der Waals surface area contributed by atoms with Gasteiger partial charge in [0.1, 0.15) is 0 Å². The maximum atomic E-state index is 8.54. The zero-order chi connectivity index (χ0) is 5.70. The fourth-order valence-electron chi connectivity index (χ4n) is 0.254. The zero-order valence-corrected chi connectivity index (χ0v) is 5.37. The second-order valence-corrected chi connectivity index (χ2v) is 2.61. The second-order valence-electron chi connectivity index (χ2n) is 1.33. The molecule has 0 aromatic carbocycles. The van der Waals surface area contributed by atoms with Gasteiger partial charge in [-0.1, -0.05) is 6.92 Å². The second kappa shape index (κ2) is 4.47. The molecule has 0 saturated carbocycles. The molecule has 1 unspecified atom stereocenters. The standard InChI is InChI=1S/C5H11OS/c1-3-4-7-5(2)6/h5-6H,2-4H2,1H3. The Morgan fingerprint density at radius 1 is 1.86 bits per heavy atom. The molecule has 0 saturated heterocycles. The van der Waals surface area contributed by atoms with E-state index in [9.17, 15) is 0 Å². The molecule has 0 bridgehead atoms. The molecule has 0 aliphatic rings. The largest absolute Gasteiger partial charge is 0.382 e. The van der Waals surface area contributed by atoms with Crippen molar-refractivity contribution < 1.29 is 5.11 Å². The summed E-state index contributed by atoms with van der Waals surface area (Å²) in [5, 5.41) is 8.54. The van der Waals surface area contributed by atoms with Gasteiger partial charge in [0.2, 0.25) is 0 Å². The van der Waals surface area contributed by atoms with Crippen molar-refractivity contribution in [2.45, 2.75) is 18.8 Å². The van der Waals surface area contributed by atoms with Gasteiger partial charge < -0.3 is 5.11 Å². The minimum atomic E-state index is -0.431. The van der Waals surface area contributed by atoms with Gasteiger partial charge >= 0.3 is 0 Å². The molecule has 0 aliphatic heterocycles. The molecule has 1 nitrogen and oxygen atoms in total. The van der Waals surface area contributed by atoms with Crippen molar-refractivity contribution in [3.8, 4) is 0 Å². The lowest BCUT2D eigenvalue weighted by atomic mass is 10.6. The monoisotopic (exact) mass is 119 g/mol. The van der Waals surface area contributed by atoms with E-state index in [-0.39, 0.29) is 0 Å². The highest BCUT2D eigenvalue weighted by molar-refractivity contribution is 7.99. The third-order valence-corrected chi connectivity index (χ3v) is 1.54. The molecule has 1 N–H and O–H groups in total. The Bertz CT molecular complexity index is 37.1. The van der Waals surface area contributed by atoms with Crippen LogP contribution in [0, 0.1) is 6.92 Å². The summed E-state index contributed by atoms with van der Waals surface area (Å²) in [6.45, 7) is 5.47. The SMILES string of the molecule is [CH2]C(O)SCCC. The Hall–Kier alpha value is 0.310. The summed E-state index contributed by atoms with van der Waals surface area (Å²) in [6.07, 6.45) is 1.11. The number of thioether (sulfide) groups is 1. The summed E-state index contributed by atoms with van der Waals surface area (Å²) < 4.78 is 0. The molecule has 0 aromatic rings. The van der Waals surface area contributed by atoms with E-state index in [0.29, 0.717) is 0 Å². The Morgan fingerprint density at radius 2 is 2.43 bits per heavy atom. The Kier molecular flexibility index (Phi) is 4.67. The molecule has 7 heavy (non-hydrogen) atoms. The minimum Gasteiger partial charge on any atom is -0.382 e. The van der Waals surface area contributed by atoms with Crippen molar-refractivity contribution in [2.75, 3.05) is 5.75 Å². The number of rotatable bonds is 3. The van der Waals surface area contributed by atoms with Gasteiger partial charge in [-0.15, -0.1) is 11.8 Å². The van der Waals surface area contributed by atoms with E-state index in [1.807, 2.05) is 0 Å². The first-order valence-electron chi connectivity index (χ1n) is 2.40. The summed E-state index contributed by atoms with van der Waals surface area (Å²) in [6, 6.07) is 0. The summed E-state index contributed by atoms with van der Waals surface area (Å²) in [5.74, 6) is 1.00. The van der Waals surface area contributed by atoms with E-state index in [1.165, 1.54) is 11.8 Å². The molecule has 0 fully saturated rings. The lowest BCUT2D eigenvalue weighted by Gasteiger charge is -1.98. The first kappa shape index (κ1) is 7.31. The molecular formula is C5H11OS. The van der Waals surface area contributed by atoms with Gasteiger partial charge in [-0.05, 0) is 19.1 Å². The third kappa shape index (κ3) is 6.31. The van der Waals surface area contributed by atoms with E-state index >= 15 is 0 Å². The van der Waals surface area contributed by atoms with Crippen molar-refractivity contribution >= 4 is 11.8 Å². The predicted octanol–water partition coefficient (Wildman–Crippen LogP) is 1.28. The Balaban J connectivity index is 2.68. The van der Waals surface area contributed by atoms with Crippen LogP contribution in [0.1, 0.15) is 13.3 Å². The van der Waals surface area contributed by atoms with Crippen molar-refractivity contribution in [2.24, 2.45) is 0 Å². The van der Waals surface area contributed by atoms with Gasteiger partial charge in [0.05, 0.1) is 5.44 Å². The van der Waals surface area contributed by atoms with E-state index in [1.54, 1.807) is 0 Å². The molecule has 0 aromatic heterocycles. The Morgan fingerprint density at radius 3 is 2.57 bits per heavy atom. The minimum absolute atomic E-state index is 0.431. The van der Waals surface area contributed by atoms with Crippen molar-refractivity contribution in [1.82, 2.24) is 0 Å². The molecule has 2 heteroatoms. The number of aliphatic hydroxyl groups excluding tert-OH is 1. The molecule has 1 radical (unpaired) electrons. The van der Waals surface area contributed by atoms with Crippen LogP contribution in [0.3, 0.4) is 0 Å². The van der Waals surface area contributed by atoms with Crippen LogP contribution in [0.4, 0.5) is 0 Å². The molecule has 0 spiro atoms. The van der Waals surface area contributed by atoms with Crippen LogP contribution in [-0.2, 0) is 0 Å². The zero-order valence-electron chi connectivity index (χ0n) is 4.55. The molecular weight excluding hydrogens is 108 g/mol. The fraction of sp³-hybridized carbons (Fsp3) is 0.800. The molecule has 0 aliphatic carbocycles. The van der Waals surface area contributed by atoms with E-state index in [2.05, 4.69) is 13.8 Å². The smallest absolute Gasteiger partial charge is 0.0994 e. The molecule has 0 heterocycles. The van der Waals surface area contributed by atoms with Gasteiger partial charge in [0.25, 0.3) is 0 Å². The Labute approximate surface area is 49.1 Å². The van der Waals surface area contributed by atoms with E-state index < -0.39 is 5.44 Å². The number of hydrogen-bond acceptors (Lipinski definition) is 2. The number of aliphatic hydroxyl groups is 1. The van der Waals surface area contributed by atoms with Gasteiger partial charge in [-0.25, -0.2) is 0 Å². The average molecular weight is 119 g/mol. The maximum absolute atomic E-state index is 8.54. The first-order valence-corrected chi connectivity index (χ1v) is 3.45. The first-order chi connectivity index (χ1) is 3.27. The highest BCUT2D eigenvalue weighted by Crippen LogP contribution is 2.06. The summed E-state index contributed by atoms with van der Waals surface area (Å²) >= 11 is 1.48. The van der Waals surface area contributed by atoms with Crippen LogP contribution in [0.5, 0.6) is 0 Å². The van der Waals surface area contributed by atoms with E-state index in [0.717, 1.165) is 12.2 Å². The van der Waals surface area contributed by atoms with Gasteiger partial charge in [-0.2, -0.15) is 0 Å². The fourth-order valence-corrected chi connectivity index (χ4v) is 0.762. The van der Waals surface area contributed by atoms with Crippen LogP contribution in [0.2, 0.25) is 0 Å². The lowest BCUT2D eigenvalue weighted by molar-refractivity contribution is 0.307. The van der Waals surface area contributed by atoms with Gasteiger partial charge in [0, 0.05) is 0 Å². The quantitative estimate of drug-likeness (QED) is 0.565. The van der Waals surface area contributed by atoms with Crippen molar-refractivity contribution in [3.63, 3.8) is 0 Å². The van der Waals surface area contributed by atoms with Crippen LogP contribution in [-0.4, -0.2) is 16.3 Å². The van der Waals surface area contributed by atoms with Crippen molar-refractivity contribution in [1.29, 1.82) is 0 Å². The van der Waals surface area contributed by atoms with Crippen LogP contribution < -0.4 is 0 Å². The lowest BCUT2D eigenvalue weighted by Crippen LogP contribution is -1.92. The normalized spacial score (nSPS) is 14.1. The van der Waals surface area contributed by atoms with Crippen molar-refractivity contribution in [3.05, 3.63) is 6.92 Å². The van der Waals surface area contributed by atoms with Gasteiger partial charge in [-0.3, -0.25) is 0 Å². The molecule has 1 atom stereocenters. The highest BCUT2D eigenvalue weighted by atomic mass is 32.2. The van der Waals surface area contributed by atoms with Crippen LogP contribution >= 0.6 is 11.8 Å². The average Bonchev–Trinajstić information content (AvgIpc) is 1.61. The van der Waals surface area contributed by atoms with Crippen LogP contribution in [0.15, 0.2) is 0 Å². The summed E-state index contributed by atoms with van der Waals surface area (Å²) in [4.78, 5) is 0. The summed E-state index contributed by atoms with van der Waals surface area (Å²) in [7, 11) is 0.